The van der Waals surface area contributed by atoms with Crippen molar-refractivity contribution in [2.45, 2.75) is 24.1 Å². The second kappa shape index (κ2) is 6.96. The highest BCUT2D eigenvalue weighted by molar-refractivity contribution is 5.91. The summed E-state index contributed by atoms with van der Waals surface area (Å²) in [7, 11) is 1.39. The SMILES string of the molecule is CNC(=O)[C@@]1(C)COc2c1cc(C(O)(CN)C(F)(F)F)nc2-c1ccc(F)cc1. The number of amides is 1. The van der Waals surface area contributed by atoms with Crippen LogP contribution >= 0.6 is 0 Å². The predicted molar refractivity (Wildman–Crippen MR) is 95.6 cm³/mol. The summed E-state index contributed by atoms with van der Waals surface area (Å²) in [6.45, 7) is 0.183. The normalized spacial score (nSPS) is 20.6. The first-order valence-electron chi connectivity index (χ1n) is 8.64. The van der Waals surface area contributed by atoms with Crippen LogP contribution in [0.25, 0.3) is 11.3 Å². The minimum atomic E-state index is -5.12. The van der Waals surface area contributed by atoms with Crippen LogP contribution in [0.4, 0.5) is 17.6 Å². The fourth-order valence-electron chi connectivity index (χ4n) is 3.23. The molecule has 0 aliphatic carbocycles. The van der Waals surface area contributed by atoms with Crippen LogP contribution in [0, 0.1) is 5.82 Å². The monoisotopic (exact) mass is 413 g/mol. The number of rotatable bonds is 4. The number of ether oxygens (including phenoxy) is 1. The molecule has 1 amide bonds. The van der Waals surface area contributed by atoms with Crippen LogP contribution in [0.5, 0.6) is 5.75 Å². The van der Waals surface area contributed by atoms with E-state index >= 15 is 0 Å². The maximum atomic E-state index is 13.6. The standard InChI is InChI=1S/C19H19F4N3O3/c1-17(16(27)25-2)9-29-15-12(17)7-13(18(28,8-24)19(21,22)23)26-14(15)10-3-5-11(20)6-4-10/h3-7,28H,8-9,24H2,1-2H3,(H,25,27)/t17-,18?/m0/s1. The highest BCUT2D eigenvalue weighted by atomic mass is 19.4. The number of carbonyl (C=O) groups is 1. The number of aliphatic hydroxyl groups is 1. The van der Waals surface area contributed by atoms with Gasteiger partial charge in [-0.1, -0.05) is 0 Å². The number of nitrogens with two attached hydrogens (primary N) is 1. The molecular formula is C19H19F4N3O3. The number of alkyl halides is 3. The molecule has 2 aromatic rings. The number of fused-ring (bicyclic) bond motifs is 1. The Labute approximate surface area is 163 Å². The Morgan fingerprint density at radius 1 is 1.34 bits per heavy atom. The van der Waals surface area contributed by atoms with Gasteiger partial charge in [0.05, 0.1) is 5.69 Å². The van der Waals surface area contributed by atoms with Crippen molar-refractivity contribution in [2.75, 3.05) is 20.2 Å². The fraction of sp³-hybridized carbons (Fsp3) is 0.368. The summed E-state index contributed by atoms with van der Waals surface area (Å²) < 4.78 is 59.8. The molecule has 29 heavy (non-hydrogen) atoms. The first-order valence-corrected chi connectivity index (χ1v) is 8.64. The molecule has 2 heterocycles. The molecule has 156 valence electrons. The second-order valence-corrected chi connectivity index (χ2v) is 7.00. The van der Waals surface area contributed by atoms with Crippen molar-refractivity contribution in [3.8, 4) is 17.0 Å². The van der Waals surface area contributed by atoms with Crippen molar-refractivity contribution >= 4 is 5.91 Å². The van der Waals surface area contributed by atoms with Crippen LogP contribution in [0.15, 0.2) is 30.3 Å². The number of aromatic nitrogens is 1. The maximum Gasteiger partial charge on any atom is 0.424 e. The third-order valence-corrected chi connectivity index (χ3v) is 5.11. The lowest BCUT2D eigenvalue weighted by Crippen LogP contribution is -2.49. The number of hydrogen-bond acceptors (Lipinski definition) is 5. The van der Waals surface area contributed by atoms with Crippen molar-refractivity contribution < 1.29 is 32.2 Å². The topological polar surface area (TPSA) is 97.5 Å². The van der Waals surface area contributed by atoms with Gasteiger partial charge in [0.1, 0.15) is 29.3 Å². The van der Waals surface area contributed by atoms with Gasteiger partial charge < -0.3 is 20.9 Å². The number of pyridine rings is 1. The van der Waals surface area contributed by atoms with Crippen molar-refractivity contribution in [3.63, 3.8) is 0 Å². The number of hydrogen-bond donors (Lipinski definition) is 3. The van der Waals surface area contributed by atoms with E-state index in [0.29, 0.717) is 0 Å². The molecule has 10 heteroatoms. The smallest absolute Gasteiger partial charge is 0.424 e. The van der Waals surface area contributed by atoms with Crippen molar-refractivity contribution in [2.24, 2.45) is 5.73 Å². The molecule has 6 nitrogen and oxygen atoms in total. The number of benzene rings is 1. The molecule has 2 atom stereocenters. The van der Waals surface area contributed by atoms with Gasteiger partial charge in [0.15, 0.2) is 0 Å². The van der Waals surface area contributed by atoms with E-state index < -0.39 is 41.2 Å². The van der Waals surface area contributed by atoms with Crippen molar-refractivity contribution in [3.05, 3.63) is 47.4 Å². The van der Waals surface area contributed by atoms with Gasteiger partial charge in [-0.05, 0) is 37.3 Å². The van der Waals surface area contributed by atoms with Crippen LogP contribution in [0.1, 0.15) is 18.2 Å². The number of likely N-dealkylation sites (N-methyl/N-ethyl adjacent to an activating group) is 1. The van der Waals surface area contributed by atoms with E-state index in [0.717, 1.165) is 18.2 Å². The summed E-state index contributed by atoms with van der Waals surface area (Å²) >= 11 is 0. The summed E-state index contributed by atoms with van der Waals surface area (Å²) in [5, 5.41) is 12.8. The molecule has 0 saturated carbocycles. The Morgan fingerprint density at radius 2 is 1.97 bits per heavy atom. The van der Waals surface area contributed by atoms with Gasteiger partial charge in [0.25, 0.3) is 0 Å². The quantitative estimate of drug-likeness (QED) is 0.666. The van der Waals surface area contributed by atoms with Crippen LogP contribution in [-0.4, -0.2) is 42.4 Å². The summed E-state index contributed by atoms with van der Waals surface area (Å²) in [5.74, 6) is -0.943. The van der Waals surface area contributed by atoms with Crippen LogP contribution in [0.3, 0.4) is 0 Å². The van der Waals surface area contributed by atoms with Gasteiger partial charge in [0.2, 0.25) is 11.5 Å². The Hall–Kier alpha value is -2.72. The zero-order chi connectivity index (χ0) is 21.6. The number of carbonyl (C=O) groups excluding carboxylic acids is 1. The molecule has 0 radical (unpaired) electrons. The van der Waals surface area contributed by atoms with Gasteiger partial charge >= 0.3 is 6.18 Å². The molecule has 3 rings (SSSR count). The highest BCUT2D eigenvalue weighted by Gasteiger charge is 2.56. The molecule has 0 saturated heterocycles. The maximum absolute atomic E-state index is 13.6. The number of nitrogens with one attached hydrogen (secondary N) is 1. The fourth-order valence-corrected chi connectivity index (χ4v) is 3.23. The third-order valence-electron chi connectivity index (χ3n) is 5.11. The van der Waals surface area contributed by atoms with E-state index in [2.05, 4.69) is 10.3 Å². The average molecular weight is 413 g/mol. The zero-order valence-corrected chi connectivity index (χ0v) is 15.6. The lowest BCUT2D eigenvalue weighted by atomic mass is 9.81. The summed E-state index contributed by atoms with van der Waals surface area (Å²) in [6, 6.07) is 5.85. The van der Waals surface area contributed by atoms with Gasteiger partial charge in [-0.25, -0.2) is 9.37 Å². The number of nitrogens with zero attached hydrogens (tertiary/aromatic N) is 1. The predicted octanol–water partition coefficient (Wildman–Crippen LogP) is 1.99. The molecule has 1 aromatic carbocycles. The molecule has 0 spiro atoms. The van der Waals surface area contributed by atoms with E-state index in [-0.39, 0.29) is 29.2 Å². The van der Waals surface area contributed by atoms with Crippen molar-refractivity contribution in [1.82, 2.24) is 10.3 Å². The zero-order valence-electron chi connectivity index (χ0n) is 15.6. The minimum Gasteiger partial charge on any atom is -0.489 e. The van der Waals surface area contributed by atoms with Gasteiger partial charge in [-0.2, -0.15) is 13.2 Å². The van der Waals surface area contributed by atoms with Crippen LogP contribution in [0.2, 0.25) is 0 Å². The number of halogens is 4. The van der Waals surface area contributed by atoms with E-state index in [9.17, 15) is 27.5 Å². The lowest BCUT2D eigenvalue weighted by molar-refractivity contribution is -0.263. The molecule has 4 N–H and O–H groups in total. The summed E-state index contributed by atoms with van der Waals surface area (Å²) in [5.41, 5.74) is 0.0520. The van der Waals surface area contributed by atoms with E-state index in [1.807, 2.05) is 0 Å². The minimum absolute atomic E-state index is 0.0544. The van der Waals surface area contributed by atoms with E-state index in [4.69, 9.17) is 10.5 Å². The Morgan fingerprint density at radius 3 is 2.48 bits per heavy atom. The van der Waals surface area contributed by atoms with E-state index in [1.165, 1.54) is 26.1 Å². The molecule has 1 aliphatic rings. The summed E-state index contributed by atoms with van der Waals surface area (Å²) in [4.78, 5) is 16.4. The second-order valence-electron chi connectivity index (χ2n) is 7.00. The molecule has 0 fully saturated rings. The summed E-state index contributed by atoms with van der Waals surface area (Å²) in [6.07, 6.45) is -5.12. The molecule has 1 aromatic heterocycles. The van der Waals surface area contributed by atoms with Gasteiger partial charge in [-0.15, -0.1) is 0 Å². The molecule has 0 bridgehead atoms. The van der Waals surface area contributed by atoms with Gasteiger partial charge in [0, 0.05) is 24.7 Å². The molecule has 1 unspecified atom stereocenters. The van der Waals surface area contributed by atoms with E-state index in [1.54, 1.807) is 0 Å². The third kappa shape index (κ3) is 3.22. The van der Waals surface area contributed by atoms with Crippen LogP contribution < -0.4 is 15.8 Å². The Balaban J connectivity index is 2.33. The first-order chi connectivity index (χ1) is 13.5. The van der Waals surface area contributed by atoms with Gasteiger partial charge in [-0.3, -0.25) is 4.79 Å². The Kier molecular flexibility index (Phi) is 5.04. The molecular weight excluding hydrogens is 394 g/mol. The van der Waals surface area contributed by atoms with Crippen molar-refractivity contribution in [1.29, 1.82) is 0 Å². The lowest BCUT2D eigenvalue weighted by Gasteiger charge is -2.30. The highest BCUT2D eigenvalue weighted by Crippen LogP contribution is 2.47. The van der Waals surface area contributed by atoms with Crippen LogP contribution in [-0.2, 0) is 15.8 Å². The first kappa shape index (κ1) is 21.0. The molecule has 1 aliphatic heterocycles. The Bertz CT molecular complexity index is 949. The average Bonchev–Trinajstić information content (AvgIpc) is 3.04. The largest absolute Gasteiger partial charge is 0.489 e.